The molecule has 0 fully saturated rings. The lowest BCUT2D eigenvalue weighted by molar-refractivity contribution is -0.152. The van der Waals surface area contributed by atoms with Crippen LogP contribution in [0.5, 0.6) is 5.75 Å². The highest BCUT2D eigenvalue weighted by molar-refractivity contribution is 6.42. The minimum atomic E-state index is -1.16. The number of esters is 1. The first-order valence-corrected chi connectivity index (χ1v) is 10.0. The number of amides is 2. The zero-order chi connectivity index (χ0) is 22.3. The molecule has 0 saturated heterocycles. The van der Waals surface area contributed by atoms with Crippen molar-refractivity contribution in [1.82, 2.24) is 5.32 Å². The first kappa shape index (κ1) is 23.8. The van der Waals surface area contributed by atoms with Crippen molar-refractivity contribution < 1.29 is 23.9 Å². The second kappa shape index (κ2) is 11.1. The summed E-state index contributed by atoms with van der Waals surface area (Å²) in [5.74, 6) is -1.56. The van der Waals surface area contributed by atoms with Crippen molar-refractivity contribution in [3.8, 4) is 5.75 Å². The van der Waals surface area contributed by atoms with Crippen molar-refractivity contribution >= 4 is 58.3 Å². The Morgan fingerprint density at radius 1 is 1.07 bits per heavy atom. The molecule has 0 aliphatic rings. The molecule has 7 nitrogen and oxygen atoms in total. The normalized spacial score (nSPS) is 11.4. The highest BCUT2D eigenvalue weighted by atomic mass is 35.5. The first-order chi connectivity index (χ1) is 14.2. The Hall–Kier alpha value is -2.48. The largest absolute Gasteiger partial charge is 0.493 e. The zero-order valence-corrected chi connectivity index (χ0v) is 18.4. The number of rotatable bonds is 8. The molecule has 2 amide bonds. The lowest BCUT2D eigenvalue weighted by Crippen LogP contribution is -2.36. The van der Waals surface area contributed by atoms with Gasteiger partial charge in [0.1, 0.15) is 12.3 Å². The van der Waals surface area contributed by atoms with E-state index in [0.717, 1.165) is 0 Å². The van der Waals surface area contributed by atoms with Crippen molar-refractivity contribution in [3.05, 3.63) is 57.0 Å². The summed E-state index contributed by atoms with van der Waals surface area (Å²) in [5, 5.41) is 5.50. The molecule has 2 aromatic rings. The minimum Gasteiger partial charge on any atom is -0.493 e. The second-order valence-corrected chi connectivity index (χ2v) is 7.23. The number of hydrogen-bond donors (Lipinski definition) is 2. The van der Waals surface area contributed by atoms with Crippen LogP contribution in [0, 0.1) is 0 Å². The maximum absolute atomic E-state index is 12.3. The van der Waals surface area contributed by atoms with Crippen LogP contribution in [-0.4, -0.2) is 37.0 Å². The third kappa shape index (κ3) is 6.52. The Labute approximate surface area is 188 Å². The number of carbonyl (C=O) groups is 3. The van der Waals surface area contributed by atoms with Crippen molar-refractivity contribution in [3.63, 3.8) is 0 Å². The van der Waals surface area contributed by atoms with Gasteiger partial charge in [-0.25, -0.2) is 0 Å². The molecule has 30 heavy (non-hydrogen) atoms. The fourth-order valence-electron chi connectivity index (χ4n) is 2.36. The number of ether oxygens (including phenoxy) is 2. The molecule has 0 aliphatic carbocycles. The number of benzene rings is 2. The molecule has 0 saturated carbocycles. The van der Waals surface area contributed by atoms with Crippen LogP contribution in [0.4, 0.5) is 5.69 Å². The maximum atomic E-state index is 12.3. The Morgan fingerprint density at radius 2 is 1.70 bits per heavy atom. The van der Waals surface area contributed by atoms with E-state index in [0.29, 0.717) is 17.4 Å². The van der Waals surface area contributed by atoms with Gasteiger partial charge in [0.15, 0.2) is 6.10 Å². The average Bonchev–Trinajstić information content (AvgIpc) is 2.69. The van der Waals surface area contributed by atoms with Crippen LogP contribution < -0.4 is 15.4 Å². The van der Waals surface area contributed by atoms with Crippen LogP contribution in [0.25, 0.3) is 0 Å². The predicted octanol–water partition coefficient (Wildman–Crippen LogP) is 4.35. The lowest BCUT2D eigenvalue weighted by Gasteiger charge is -2.16. The van der Waals surface area contributed by atoms with Crippen LogP contribution in [0.1, 0.15) is 24.2 Å². The van der Waals surface area contributed by atoms with E-state index in [1.165, 1.54) is 19.1 Å². The van der Waals surface area contributed by atoms with E-state index in [1.807, 2.05) is 0 Å². The molecule has 10 heteroatoms. The van der Waals surface area contributed by atoms with Gasteiger partial charge < -0.3 is 20.1 Å². The van der Waals surface area contributed by atoms with Crippen LogP contribution >= 0.6 is 34.8 Å². The summed E-state index contributed by atoms with van der Waals surface area (Å²) in [6.07, 6.45) is -1.16. The minimum absolute atomic E-state index is 0.139. The molecular formula is C20H19Cl3N2O5. The van der Waals surface area contributed by atoms with E-state index >= 15 is 0 Å². The van der Waals surface area contributed by atoms with E-state index in [9.17, 15) is 14.4 Å². The van der Waals surface area contributed by atoms with Gasteiger partial charge >= 0.3 is 5.97 Å². The van der Waals surface area contributed by atoms with Gasteiger partial charge in [-0.1, -0.05) is 46.9 Å². The molecule has 2 aromatic carbocycles. The van der Waals surface area contributed by atoms with Gasteiger partial charge in [-0.3, -0.25) is 14.4 Å². The summed E-state index contributed by atoms with van der Waals surface area (Å²) in [7, 11) is 0. The van der Waals surface area contributed by atoms with E-state index in [4.69, 9.17) is 44.3 Å². The molecule has 0 aliphatic heterocycles. The topological polar surface area (TPSA) is 93.7 Å². The SMILES string of the molecule is CCOc1ccccc1C(=O)NCC(=O)OC(C)C(=O)Nc1c(Cl)cc(Cl)cc1Cl. The van der Waals surface area contributed by atoms with Gasteiger partial charge in [-0.2, -0.15) is 0 Å². The van der Waals surface area contributed by atoms with E-state index in [2.05, 4.69) is 10.6 Å². The molecule has 2 N–H and O–H groups in total. The van der Waals surface area contributed by atoms with Crippen molar-refractivity contribution in [2.24, 2.45) is 0 Å². The maximum Gasteiger partial charge on any atom is 0.326 e. The van der Waals surface area contributed by atoms with Gasteiger partial charge in [-0.15, -0.1) is 0 Å². The number of halogens is 3. The molecular weight excluding hydrogens is 455 g/mol. The van der Waals surface area contributed by atoms with Gasteiger partial charge in [0.2, 0.25) is 0 Å². The first-order valence-electron chi connectivity index (χ1n) is 8.87. The lowest BCUT2D eigenvalue weighted by atomic mass is 10.2. The molecule has 0 aromatic heterocycles. The summed E-state index contributed by atoms with van der Waals surface area (Å²) < 4.78 is 10.4. The summed E-state index contributed by atoms with van der Waals surface area (Å²) in [6, 6.07) is 9.45. The quantitative estimate of drug-likeness (QED) is 0.556. The zero-order valence-electron chi connectivity index (χ0n) is 16.1. The highest BCUT2D eigenvalue weighted by Crippen LogP contribution is 2.33. The molecule has 160 valence electrons. The average molecular weight is 474 g/mol. The fourth-order valence-corrected chi connectivity index (χ4v) is 3.27. The molecule has 0 radical (unpaired) electrons. The van der Waals surface area contributed by atoms with E-state index in [-0.39, 0.29) is 21.3 Å². The van der Waals surface area contributed by atoms with Crippen LogP contribution in [0.15, 0.2) is 36.4 Å². The van der Waals surface area contributed by atoms with E-state index < -0.39 is 30.4 Å². The third-order valence-electron chi connectivity index (χ3n) is 3.76. The Balaban J connectivity index is 1.90. The molecule has 2 rings (SSSR count). The number of nitrogens with one attached hydrogen (secondary N) is 2. The number of anilines is 1. The van der Waals surface area contributed by atoms with Crippen molar-refractivity contribution in [1.29, 1.82) is 0 Å². The molecule has 1 atom stereocenters. The van der Waals surface area contributed by atoms with Gasteiger partial charge in [0.25, 0.3) is 11.8 Å². The number of hydrogen-bond acceptors (Lipinski definition) is 5. The molecule has 1 unspecified atom stereocenters. The smallest absolute Gasteiger partial charge is 0.326 e. The molecule has 0 bridgehead atoms. The predicted molar refractivity (Wildman–Crippen MR) is 116 cm³/mol. The summed E-state index contributed by atoms with van der Waals surface area (Å²) in [4.78, 5) is 36.6. The monoisotopic (exact) mass is 472 g/mol. The molecule has 0 spiro atoms. The third-order valence-corrected chi connectivity index (χ3v) is 4.57. The van der Waals surface area contributed by atoms with Gasteiger partial charge in [0.05, 0.1) is 27.9 Å². The summed E-state index contributed by atoms with van der Waals surface area (Å²) in [5.41, 5.74) is 0.432. The van der Waals surface area contributed by atoms with Gasteiger partial charge in [0, 0.05) is 5.02 Å². The van der Waals surface area contributed by atoms with Crippen LogP contribution in [0.3, 0.4) is 0 Å². The Bertz CT molecular complexity index is 929. The fraction of sp³-hybridized carbons (Fsp3) is 0.250. The van der Waals surface area contributed by atoms with E-state index in [1.54, 1.807) is 31.2 Å². The summed E-state index contributed by atoms with van der Waals surface area (Å²) >= 11 is 17.9. The standard InChI is InChI=1S/C20H19Cl3N2O5/c1-3-29-16-7-5-4-6-13(16)20(28)24-10-17(26)30-11(2)19(27)25-18-14(22)8-12(21)9-15(18)23/h4-9,11H,3,10H2,1-2H3,(H,24,28)(H,25,27). The van der Waals surface area contributed by atoms with Crippen LogP contribution in [-0.2, 0) is 14.3 Å². The number of para-hydroxylation sites is 1. The Morgan fingerprint density at radius 3 is 2.33 bits per heavy atom. The van der Waals surface area contributed by atoms with Crippen LogP contribution in [0.2, 0.25) is 15.1 Å². The summed E-state index contributed by atoms with van der Waals surface area (Å²) in [6.45, 7) is 3.13. The van der Waals surface area contributed by atoms with Crippen molar-refractivity contribution in [2.45, 2.75) is 20.0 Å². The van der Waals surface area contributed by atoms with Crippen molar-refractivity contribution in [2.75, 3.05) is 18.5 Å². The second-order valence-electron chi connectivity index (χ2n) is 5.98. The Kier molecular flexibility index (Phi) is 8.77. The number of carbonyl (C=O) groups excluding carboxylic acids is 3. The highest BCUT2D eigenvalue weighted by Gasteiger charge is 2.21. The van der Waals surface area contributed by atoms with Gasteiger partial charge in [-0.05, 0) is 38.1 Å². The molecule has 0 heterocycles.